The number of rotatable bonds is 6. The highest BCUT2D eigenvalue weighted by atomic mass is 32.2. The average molecular weight is 341 g/mol. The normalized spacial score (nSPS) is 13.0. The topological polar surface area (TPSA) is 55.4 Å². The maximum atomic E-state index is 13.6. The molecule has 2 rings (SSSR count). The minimum Gasteiger partial charge on any atom is -0.375 e. The Bertz CT molecular complexity index is 794. The lowest BCUT2D eigenvalue weighted by Gasteiger charge is -2.18. The van der Waals surface area contributed by atoms with Crippen LogP contribution in [0.2, 0.25) is 0 Å². The summed E-state index contributed by atoms with van der Waals surface area (Å²) in [6.45, 7) is 1.82. The number of hydrogen-bond donors (Lipinski definition) is 1. The lowest BCUT2D eigenvalue weighted by Crippen LogP contribution is -2.30. The van der Waals surface area contributed by atoms with Crippen LogP contribution < -0.4 is 4.72 Å². The van der Waals surface area contributed by atoms with E-state index in [4.69, 9.17) is 4.74 Å². The van der Waals surface area contributed by atoms with E-state index in [9.17, 15) is 17.2 Å². The first kappa shape index (κ1) is 17.5. The van der Waals surface area contributed by atoms with E-state index in [-0.39, 0.29) is 6.54 Å². The Morgan fingerprint density at radius 1 is 1.17 bits per heavy atom. The van der Waals surface area contributed by atoms with Crippen LogP contribution >= 0.6 is 0 Å². The minimum absolute atomic E-state index is 0.0689. The lowest BCUT2D eigenvalue weighted by molar-refractivity contribution is 0.107. The van der Waals surface area contributed by atoms with Crippen LogP contribution in [-0.4, -0.2) is 22.1 Å². The summed E-state index contributed by atoms with van der Waals surface area (Å²) < 4.78 is 58.5. The maximum Gasteiger partial charge on any atom is 0.243 e. The summed E-state index contributed by atoms with van der Waals surface area (Å²) in [5.74, 6) is -1.97. The van der Waals surface area contributed by atoms with Crippen LogP contribution in [0.4, 0.5) is 8.78 Å². The number of sulfonamides is 1. The van der Waals surface area contributed by atoms with Gasteiger partial charge in [0.2, 0.25) is 10.0 Å². The van der Waals surface area contributed by atoms with Crippen molar-refractivity contribution in [1.82, 2.24) is 4.72 Å². The molecule has 0 amide bonds. The van der Waals surface area contributed by atoms with Crippen molar-refractivity contribution >= 4 is 10.0 Å². The molecule has 0 heterocycles. The van der Waals surface area contributed by atoms with E-state index in [1.54, 1.807) is 0 Å². The molecule has 124 valence electrons. The summed E-state index contributed by atoms with van der Waals surface area (Å²) in [5.41, 5.74) is 1.78. The summed E-state index contributed by atoms with van der Waals surface area (Å²) in [4.78, 5) is -0.599. The predicted octanol–water partition coefficient (Wildman–Crippen LogP) is 2.94. The van der Waals surface area contributed by atoms with E-state index < -0.39 is 32.7 Å². The zero-order valence-corrected chi connectivity index (χ0v) is 13.5. The molecule has 0 saturated carbocycles. The molecule has 2 aromatic carbocycles. The van der Waals surface area contributed by atoms with E-state index in [0.29, 0.717) is 6.07 Å². The molecule has 0 radical (unpaired) electrons. The fraction of sp³-hybridized carbons (Fsp3) is 0.250. The SMILES string of the molecule is COC(CNS(=O)(=O)c1ccc(F)cc1F)c1ccccc1C. The van der Waals surface area contributed by atoms with Crippen LogP contribution in [0.1, 0.15) is 17.2 Å². The van der Waals surface area contributed by atoms with Gasteiger partial charge in [0, 0.05) is 19.7 Å². The van der Waals surface area contributed by atoms with Gasteiger partial charge in [0.1, 0.15) is 16.5 Å². The molecule has 7 heteroatoms. The molecule has 0 saturated heterocycles. The number of halogens is 2. The van der Waals surface area contributed by atoms with Crippen LogP contribution in [0.3, 0.4) is 0 Å². The van der Waals surface area contributed by atoms with Gasteiger partial charge in [-0.15, -0.1) is 0 Å². The molecule has 0 aliphatic rings. The van der Waals surface area contributed by atoms with Gasteiger partial charge >= 0.3 is 0 Å². The molecule has 1 atom stereocenters. The van der Waals surface area contributed by atoms with Crippen molar-refractivity contribution in [3.05, 3.63) is 65.2 Å². The summed E-state index contributed by atoms with van der Waals surface area (Å²) in [6.07, 6.45) is -0.519. The summed E-state index contributed by atoms with van der Waals surface area (Å²) in [6, 6.07) is 9.72. The number of aryl methyl sites for hydroxylation is 1. The zero-order chi connectivity index (χ0) is 17.0. The van der Waals surface area contributed by atoms with E-state index in [2.05, 4.69) is 4.72 Å². The Hall–Kier alpha value is -1.83. The quantitative estimate of drug-likeness (QED) is 0.879. The highest BCUT2D eigenvalue weighted by molar-refractivity contribution is 7.89. The highest BCUT2D eigenvalue weighted by Crippen LogP contribution is 2.21. The molecule has 0 spiro atoms. The van der Waals surface area contributed by atoms with Crippen LogP contribution in [0.15, 0.2) is 47.4 Å². The molecule has 2 aromatic rings. The van der Waals surface area contributed by atoms with Gasteiger partial charge in [0.25, 0.3) is 0 Å². The second-order valence-electron chi connectivity index (χ2n) is 5.01. The Kier molecular flexibility index (Phi) is 5.46. The van der Waals surface area contributed by atoms with Crippen molar-refractivity contribution in [2.24, 2.45) is 0 Å². The van der Waals surface area contributed by atoms with Crippen molar-refractivity contribution in [3.8, 4) is 0 Å². The fourth-order valence-corrected chi connectivity index (χ4v) is 3.31. The smallest absolute Gasteiger partial charge is 0.243 e. The predicted molar refractivity (Wildman–Crippen MR) is 82.5 cm³/mol. The largest absolute Gasteiger partial charge is 0.375 e. The Morgan fingerprint density at radius 3 is 2.48 bits per heavy atom. The third kappa shape index (κ3) is 4.13. The highest BCUT2D eigenvalue weighted by Gasteiger charge is 2.22. The lowest BCUT2D eigenvalue weighted by atomic mass is 10.0. The van der Waals surface area contributed by atoms with E-state index >= 15 is 0 Å². The van der Waals surface area contributed by atoms with Gasteiger partial charge in [-0.05, 0) is 30.2 Å². The Labute approximate surface area is 134 Å². The maximum absolute atomic E-state index is 13.6. The van der Waals surface area contributed by atoms with Crippen molar-refractivity contribution in [1.29, 1.82) is 0 Å². The van der Waals surface area contributed by atoms with Crippen LogP contribution in [-0.2, 0) is 14.8 Å². The average Bonchev–Trinajstić information content (AvgIpc) is 2.49. The van der Waals surface area contributed by atoms with Crippen molar-refractivity contribution < 1.29 is 21.9 Å². The molecule has 0 fully saturated rings. The molecule has 0 aliphatic heterocycles. The minimum atomic E-state index is -4.11. The van der Waals surface area contributed by atoms with Crippen LogP contribution in [0.25, 0.3) is 0 Å². The molecule has 0 aliphatic carbocycles. The van der Waals surface area contributed by atoms with Gasteiger partial charge < -0.3 is 4.74 Å². The van der Waals surface area contributed by atoms with E-state index in [1.807, 2.05) is 31.2 Å². The van der Waals surface area contributed by atoms with Gasteiger partial charge in [-0.2, -0.15) is 0 Å². The van der Waals surface area contributed by atoms with E-state index in [0.717, 1.165) is 23.3 Å². The monoisotopic (exact) mass is 341 g/mol. The standard InChI is InChI=1S/C16H17F2NO3S/c1-11-5-3-4-6-13(11)15(22-2)10-19-23(20,21)16-8-7-12(17)9-14(16)18/h3-9,15,19H,10H2,1-2H3. The third-order valence-electron chi connectivity index (χ3n) is 3.46. The van der Waals surface area contributed by atoms with Gasteiger partial charge in [0.15, 0.2) is 0 Å². The third-order valence-corrected chi connectivity index (χ3v) is 4.92. The first-order chi connectivity index (χ1) is 10.8. The summed E-state index contributed by atoms with van der Waals surface area (Å²) >= 11 is 0. The van der Waals surface area contributed by atoms with Crippen molar-refractivity contribution in [2.45, 2.75) is 17.9 Å². The summed E-state index contributed by atoms with van der Waals surface area (Å²) in [7, 11) is -2.64. The van der Waals surface area contributed by atoms with Crippen LogP contribution in [0.5, 0.6) is 0 Å². The van der Waals surface area contributed by atoms with Gasteiger partial charge in [0.05, 0.1) is 6.10 Å². The molecular weight excluding hydrogens is 324 g/mol. The molecule has 0 aromatic heterocycles. The van der Waals surface area contributed by atoms with Crippen molar-refractivity contribution in [2.75, 3.05) is 13.7 Å². The second kappa shape index (κ2) is 7.16. The fourth-order valence-electron chi connectivity index (χ4n) is 2.22. The molecular formula is C16H17F2NO3S. The molecule has 1 N–H and O–H groups in total. The number of ether oxygens (including phenoxy) is 1. The molecule has 23 heavy (non-hydrogen) atoms. The van der Waals surface area contributed by atoms with Gasteiger partial charge in [-0.25, -0.2) is 21.9 Å². The second-order valence-corrected chi connectivity index (χ2v) is 6.74. The Balaban J connectivity index is 2.19. The number of nitrogens with one attached hydrogen (secondary N) is 1. The molecule has 0 bridgehead atoms. The zero-order valence-electron chi connectivity index (χ0n) is 12.7. The first-order valence-electron chi connectivity index (χ1n) is 6.88. The van der Waals surface area contributed by atoms with Gasteiger partial charge in [-0.3, -0.25) is 0 Å². The number of benzene rings is 2. The molecule has 1 unspecified atom stereocenters. The number of methoxy groups -OCH3 is 1. The summed E-state index contributed by atoms with van der Waals surface area (Å²) in [5, 5.41) is 0. The molecule has 4 nitrogen and oxygen atoms in total. The van der Waals surface area contributed by atoms with E-state index in [1.165, 1.54) is 7.11 Å². The van der Waals surface area contributed by atoms with Crippen molar-refractivity contribution in [3.63, 3.8) is 0 Å². The van der Waals surface area contributed by atoms with Crippen LogP contribution in [0, 0.1) is 18.6 Å². The van der Waals surface area contributed by atoms with Gasteiger partial charge in [-0.1, -0.05) is 24.3 Å². The first-order valence-corrected chi connectivity index (χ1v) is 8.36. The Morgan fingerprint density at radius 2 is 1.87 bits per heavy atom. The number of hydrogen-bond acceptors (Lipinski definition) is 3.